The summed E-state index contributed by atoms with van der Waals surface area (Å²) in [6.45, 7) is 14.5. The quantitative estimate of drug-likeness (QED) is 0.298. The van der Waals surface area contributed by atoms with Crippen molar-refractivity contribution in [2.45, 2.75) is 52.5 Å². The highest BCUT2D eigenvalue weighted by Gasteiger charge is 2.31. The van der Waals surface area contributed by atoms with Crippen molar-refractivity contribution in [2.75, 3.05) is 24.5 Å². The molecule has 4 aromatic rings. The van der Waals surface area contributed by atoms with Crippen molar-refractivity contribution < 1.29 is 14.3 Å². The van der Waals surface area contributed by atoms with Crippen molar-refractivity contribution in [3.8, 4) is 22.7 Å². The lowest BCUT2D eigenvalue weighted by Gasteiger charge is -2.40. The van der Waals surface area contributed by atoms with Crippen LogP contribution in [0.25, 0.3) is 28.0 Å². The van der Waals surface area contributed by atoms with Gasteiger partial charge >= 0.3 is 5.69 Å². The topological polar surface area (TPSA) is 117 Å². The van der Waals surface area contributed by atoms with E-state index in [-0.39, 0.29) is 51.5 Å². The summed E-state index contributed by atoms with van der Waals surface area (Å²) in [5.74, 6) is -1.08. The van der Waals surface area contributed by atoms with Gasteiger partial charge in [0.25, 0.3) is 0 Å². The number of aromatic nitrogens is 5. The molecule has 1 aliphatic heterocycles. The largest absolute Gasteiger partial charge is 0.507 e. The molecule has 0 bridgehead atoms. The van der Waals surface area contributed by atoms with Crippen LogP contribution in [0.1, 0.15) is 57.8 Å². The Hall–Kier alpha value is -4.38. The molecule has 0 aliphatic carbocycles. The minimum absolute atomic E-state index is 0.0291. The molecule has 1 aliphatic rings. The molecule has 43 heavy (non-hydrogen) atoms. The normalized spacial score (nSPS) is 15.5. The average Bonchev–Trinajstić information content (AvgIpc) is 2.96. The zero-order valence-corrected chi connectivity index (χ0v) is 25.4. The van der Waals surface area contributed by atoms with E-state index in [9.17, 15) is 14.7 Å². The zero-order valence-electron chi connectivity index (χ0n) is 24.7. The standard InChI is InChI=1S/C31H33ClFN7O3/c1-7-23(42)38-11-12-39(18(6)14-38)29-19-13-20(32)27(24-21(33)9-8-10-22(24)41)36-30(19)40(31(43)37-29)28-25(16(2)3)34-15-35-26(28)17(4)5/h7-10,13,15-18,41H,1,11-12,14H2,2-6H3. The number of carbonyl (C=O) groups excluding carboxylic acids is 1. The zero-order chi connectivity index (χ0) is 31.2. The number of benzene rings is 1. The van der Waals surface area contributed by atoms with Crippen LogP contribution in [0.5, 0.6) is 5.75 Å². The van der Waals surface area contributed by atoms with Crippen molar-refractivity contribution in [2.24, 2.45) is 0 Å². The summed E-state index contributed by atoms with van der Waals surface area (Å²) in [6, 6.07) is 5.30. The minimum atomic E-state index is -0.720. The first-order valence-electron chi connectivity index (χ1n) is 14.1. The number of aromatic hydroxyl groups is 1. The molecular formula is C31H33ClFN7O3. The number of hydrogen-bond donors (Lipinski definition) is 1. The highest BCUT2D eigenvalue weighted by Crippen LogP contribution is 2.39. The van der Waals surface area contributed by atoms with Gasteiger partial charge in [0.2, 0.25) is 5.91 Å². The first-order chi connectivity index (χ1) is 20.4. The van der Waals surface area contributed by atoms with Crippen molar-refractivity contribution in [1.29, 1.82) is 0 Å². The van der Waals surface area contributed by atoms with Gasteiger partial charge < -0.3 is 14.9 Å². The molecule has 1 aromatic carbocycles. The van der Waals surface area contributed by atoms with Crippen LogP contribution in [0.15, 0.2) is 48.0 Å². The van der Waals surface area contributed by atoms with Gasteiger partial charge in [-0.25, -0.2) is 28.7 Å². The maximum absolute atomic E-state index is 15.1. The van der Waals surface area contributed by atoms with Crippen molar-refractivity contribution >= 4 is 34.4 Å². The van der Waals surface area contributed by atoms with Crippen LogP contribution in [0.2, 0.25) is 5.02 Å². The summed E-state index contributed by atoms with van der Waals surface area (Å²) in [6.07, 6.45) is 2.75. The maximum Gasteiger partial charge on any atom is 0.355 e. The van der Waals surface area contributed by atoms with Crippen LogP contribution in [0.3, 0.4) is 0 Å². The molecule has 12 heteroatoms. The molecule has 1 N–H and O–H groups in total. The Labute approximate surface area is 253 Å². The molecule has 5 rings (SSSR count). The number of nitrogens with zero attached hydrogens (tertiary/aromatic N) is 7. The lowest BCUT2D eigenvalue weighted by Crippen LogP contribution is -2.54. The SMILES string of the molecule is C=CC(=O)N1CCN(c2nc(=O)n(-c3c(C(C)C)ncnc3C(C)C)c3nc(-c4c(O)cccc4F)c(Cl)cc23)C(C)C1. The third-order valence-corrected chi connectivity index (χ3v) is 7.90. The number of hydrogen-bond acceptors (Lipinski definition) is 8. The number of piperazine rings is 1. The number of phenols is 1. The Morgan fingerprint density at radius 1 is 1.14 bits per heavy atom. The second kappa shape index (κ2) is 11.7. The molecule has 0 spiro atoms. The van der Waals surface area contributed by atoms with E-state index in [0.717, 1.165) is 0 Å². The molecule has 224 valence electrons. The van der Waals surface area contributed by atoms with Crippen LogP contribution in [-0.2, 0) is 4.79 Å². The minimum Gasteiger partial charge on any atom is -0.507 e. The molecule has 4 heterocycles. The van der Waals surface area contributed by atoms with Gasteiger partial charge in [0.05, 0.1) is 38.7 Å². The number of rotatable bonds is 6. The van der Waals surface area contributed by atoms with Crippen LogP contribution >= 0.6 is 11.6 Å². The highest BCUT2D eigenvalue weighted by atomic mass is 35.5. The van der Waals surface area contributed by atoms with E-state index < -0.39 is 11.5 Å². The van der Waals surface area contributed by atoms with Crippen LogP contribution in [0, 0.1) is 5.82 Å². The Balaban J connectivity index is 1.86. The van der Waals surface area contributed by atoms with E-state index in [1.807, 2.05) is 39.5 Å². The monoisotopic (exact) mass is 605 g/mol. The first-order valence-corrected chi connectivity index (χ1v) is 14.5. The molecule has 3 aromatic heterocycles. The van der Waals surface area contributed by atoms with E-state index >= 15 is 4.39 Å². The summed E-state index contributed by atoms with van der Waals surface area (Å²) >= 11 is 6.75. The maximum atomic E-state index is 15.1. The lowest BCUT2D eigenvalue weighted by molar-refractivity contribution is -0.126. The van der Waals surface area contributed by atoms with Gasteiger partial charge in [-0.15, -0.1) is 0 Å². The van der Waals surface area contributed by atoms with Gasteiger partial charge in [-0.05, 0) is 43.0 Å². The Bertz CT molecular complexity index is 1760. The van der Waals surface area contributed by atoms with Crippen LogP contribution < -0.4 is 10.6 Å². The molecule has 10 nitrogen and oxygen atoms in total. The van der Waals surface area contributed by atoms with Crippen molar-refractivity contribution in [3.63, 3.8) is 0 Å². The van der Waals surface area contributed by atoms with E-state index in [2.05, 4.69) is 21.5 Å². The smallest absolute Gasteiger partial charge is 0.355 e. The van der Waals surface area contributed by atoms with E-state index in [1.165, 1.54) is 35.2 Å². The van der Waals surface area contributed by atoms with Crippen molar-refractivity contribution in [3.05, 3.63) is 76.0 Å². The second-order valence-electron chi connectivity index (χ2n) is 11.2. The molecular weight excluding hydrogens is 573 g/mol. The van der Waals surface area contributed by atoms with E-state index in [1.54, 1.807) is 11.0 Å². The Kier molecular flexibility index (Phi) is 8.20. The van der Waals surface area contributed by atoms with Crippen molar-refractivity contribution in [1.82, 2.24) is 29.4 Å². The molecule has 1 unspecified atom stereocenters. The average molecular weight is 606 g/mol. The summed E-state index contributed by atoms with van der Waals surface area (Å²) < 4.78 is 16.5. The number of phenolic OH excluding ortho intramolecular Hbond substituents is 1. The third-order valence-electron chi connectivity index (χ3n) is 7.61. The predicted molar refractivity (Wildman–Crippen MR) is 165 cm³/mol. The second-order valence-corrected chi connectivity index (χ2v) is 11.6. The fraction of sp³-hybridized carbons (Fsp3) is 0.355. The van der Waals surface area contributed by atoms with Gasteiger partial charge in [-0.2, -0.15) is 4.98 Å². The number of fused-ring (bicyclic) bond motifs is 1. The van der Waals surface area contributed by atoms with Gasteiger partial charge in [0.15, 0.2) is 5.65 Å². The molecule has 1 atom stereocenters. The predicted octanol–water partition coefficient (Wildman–Crippen LogP) is 5.21. The number of amides is 1. The number of pyridine rings is 1. The summed E-state index contributed by atoms with van der Waals surface area (Å²) in [4.78, 5) is 48.4. The van der Waals surface area contributed by atoms with Gasteiger partial charge in [0.1, 0.15) is 23.7 Å². The van der Waals surface area contributed by atoms with Crippen LogP contribution in [0.4, 0.5) is 10.2 Å². The molecule has 0 radical (unpaired) electrons. The van der Waals surface area contributed by atoms with E-state index in [4.69, 9.17) is 16.6 Å². The molecule has 0 saturated carbocycles. The van der Waals surface area contributed by atoms with Gasteiger partial charge in [-0.1, -0.05) is 51.9 Å². The number of carbonyl (C=O) groups is 1. The first kappa shape index (κ1) is 30.1. The summed E-state index contributed by atoms with van der Waals surface area (Å²) in [5, 5.41) is 11.1. The number of halogens is 2. The number of anilines is 1. The summed E-state index contributed by atoms with van der Waals surface area (Å²) in [5.41, 5.74) is 1.01. The van der Waals surface area contributed by atoms with Gasteiger partial charge in [-0.3, -0.25) is 4.79 Å². The van der Waals surface area contributed by atoms with E-state index in [0.29, 0.717) is 47.9 Å². The Morgan fingerprint density at radius 2 is 1.81 bits per heavy atom. The third kappa shape index (κ3) is 5.33. The lowest BCUT2D eigenvalue weighted by atomic mass is 10.0. The van der Waals surface area contributed by atoms with Crippen LogP contribution in [-0.4, -0.2) is 66.1 Å². The molecule has 1 amide bonds. The fourth-order valence-corrected chi connectivity index (χ4v) is 5.78. The fourth-order valence-electron chi connectivity index (χ4n) is 5.53. The summed E-state index contributed by atoms with van der Waals surface area (Å²) in [7, 11) is 0. The highest BCUT2D eigenvalue weighted by molar-refractivity contribution is 6.34. The van der Waals surface area contributed by atoms with Gasteiger partial charge in [0, 0.05) is 25.7 Å². The Morgan fingerprint density at radius 3 is 2.40 bits per heavy atom. The molecule has 1 saturated heterocycles. The molecule has 1 fully saturated rings.